The summed E-state index contributed by atoms with van der Waals surface area (Å²) in [7, 11) is 0. The van der Waals surface area contributed by atoms with Crippen molar-refractivity contribution >= 4 is 46.4 Å². The molecule has 0 heterocycles. The maximum atomic E-state index is 8.69. The van der Waals surface area contributed by atoms with Gasteiger partial charge in [0.2, 0.25) is 0 Å². The van der Waals surface area contributed by atoms with E-state index in [2.05, 4.69) is 0 Å². The molecular weight excluding hydrogens is 240 g/mol. The van der Waals surface area contributed by atoms with E-state index in [4.69, 9.17) is 51.7 Å². The van der Waals surface area contributed by atoms with E-state index in [1.807, 2.05) is 6.07 Å². The van der Waals surface area contributed by atoms with Crippen molar-refractivity contribution in [1.29, 1.82) is 5.26 Å². The summed E-state index contributed by atoms with van der Waals surface area (Å²) in [5.74, 6) is 0. The van der Waals surface area contributed by atoms with Crippen LogP contribution in [-0.2, 0) is 0 Å². The van der Waals surface area contributed by atoms with Gasteiger partial charge in [-0.1, -0.05) is 52.5 Å². The zero-order valence-electron chi connectivity index (χ0n) is 5.74. The van der Waals surface area contributed by atoms with E-state index in [1.165, 1.54) is 0 Å². The first-order valence-corrected chi connectivity index (χ1v) is 4.54. The lowest BCUT2D eigenvalue weighted by molar-refractivity contribution is 0.858. The summed E-state index contributed by atoms with van der Waals surface area (Å²) in [6.45, 7) is 0. The molecule has 0 aromatic rings. The van der Waals surface area contributed by atoms with E-state index in [1.54, 1.807) is 6.08 Å². The largest absolute Gasteiger partial charge is 0.196 e. The summed E-state index contributed by atoms with van der Waals surface area (Å²) in [6, 6.07) is 1.87. The molecule has 0 aliphatic heterocycles. The number of hydrogen-bond donors (Lipinski definition) is 0. The molecule has 0 fully saturated rings. The van der Waals surface area contributed by atoms with Crippen LogP contribution in [0.15, 0.2) is 21.2 Å². The molecule has 0 saturated carbocycles. The van der Waals surface area contributed by atoms with Crippen LogP contribution in [0.3, 0.4) is 0 Å². The van der Waals surface area contributed by atoms with Crippen LogP contribution in [0.1, 0.15) is 6.42 Å². The molecule has 1 nitrogen and oxygen atoms in total. The minimum absolute atomic E-state index is 0.0980. The lowest BCUT2D eigenvalue weighted by Crippen LogP contribution is -2.21. The van der Waals surface area contributed by atoms with E-state index < -0.39 is 4.87 Å². The van der Waals surface area contributed by atoms with Gasteiger partial charge in [-0.15, -0.1) is 0 Å². The minimum atomic E-state index is -1.24. The Hall–Kier alpha value is 0.130. The number of rotatable bonds is 0. The fourth-order valence-electron chi connectivity index (χ4n) is 0.783. The van der Waals surface area contributed by atoms with Gasteiger partial charge < -0.3 is 0 Å². The standard InChI is InChI=1S/C7H3Cl4N/c8-4-1-2-7(11,3-12)6(10)5(4)9/h1H,2H2. The van der Waals surface area contributed by atoms with Gasteiger partial charge in [0.25, 0.3) is 0 Å². The quantitative estimate of drug-likeness (QED) is 0.595. The first-order valence-electron chi connectivity index (χ1n) is 3.03. The Morgan fingerprint density at radius 2 is 2.00 bits per heavy atom. The van der Waals surface area contributed by atoms with Crippen LogP contribution in [-0.4, -0.2) is 4.87 Å². The van der Waals surface area contributed by atoms with Gasteiger partial charge in [-0.2, -0.15) is 5.26 Å². The lowest BCUT2D eigenvalue weighted by Gasteiger charge is -2.21. The highest BCUT2D eigenvalue weighted by molar-refractivity contribution is 6.51. The number of nitriles is 1. The van der Waals surface area contributed by atoms with Crippen LogP contribution < -0.4 is 0 Å². The van der Waals surface area contributed by atoms with E-state index in [-0.39, 0.29) is 16.5 Å². The van der Waals surface area contributed by atoms with Gasteiger partial charge in [-0.25, -0.2) is 0 Å². The Labute approximate surface area is 90.1 Å². The summed E-state index contributed by atoms with van der Waals surface area (Å²) in [5, 5.41) is 9.29. The molecule has 5 heteroatoms. The van der Waals surface area contributed by atoms with Gasteiger partial charge in [-0.3, -0.25) is 0 Å². The van der Waals surface area contributed by atoms with Crippen molar-refractivity contribution in [3.63, 3.8) is 0 Å². The van der Waals surface area contributed by atoms with Crippen LogP contribution in [0, 0.1) is 11.3 Å². The first-order chi connectivity index (χ1) is 5.51. The summed E-state index contributed by atoms with van der Waals surface area (Å²) in [6.07, 6.45) is 1.85. The molecule has 1 rings (SSSR count). The molecule has 0 radical (unpaired) electrons. The molecule has 1 atom stereocenters. The van der Waals surface area contributed by atoms with Crippen molar-refractivity contribution < 1.29 is 0 Å². The van der Waals surface area contributed by atoms with Gasteiger partial charge in [0.1, 0.15) is 0 Å². The summed E-state index contributed by atoms with van der Waals surface area (Å²) in [4.78, 5) is -1.24. The second kappa shape index (κ2) is 3.47. The summed E-state index contributed by atoms with van der Waals surface area (Å²) in [5.41, 5.74) is 0. The number of hydrogen-bond acceptors (Lipinski definition) is 1. The molecule has 0 spiro atoms. The monoisotopic (exact) mass is 241 g/mol. The molecule has 1 aliphatic carbocycles. The second-order valence-corrected chi connectivity index (χ2v) is 4.11. The second-order valence-electron chi connectivity index (χ2n) is 2.30. The van der Waals surface area contributed by atoms with Crippen molar-refractivity contribution in [2.75, 3.05) is 0 Å². The fraction of sp³-hybridized carbons (Fsp3) is 0.286. The third-order valence-electron chi connectivity index (χ3n) is 1.49. The van der Waals surface area contributed by atoms with Crippen molar-refractivity contribution in [2.24, 2.45) is 0 Å². The molecule has 64 valence electrons. The topological polar surface area (TPSA) is 23.8 Å². The number of nitrogens with zero attached hydrogens (tertiary/aromatic N) is 1. The first kappa shape index (κ1) is 10.2. The highest BCUT2D eigenvalue weighted by atomic mass is 35.5. The van der Waals surface area contributed by atoms with Crippen molar-refractivity contribution in [3.8, 4) is 6.07 Å². The van der Waals surface area contributed by atoms with Gasteiger partial charge in [0, 0.05) is 6.42 Å². The Bertz CT molecular complexity index is 312. The number of halogens is 4. The number of alkyl halides is 1. The predicted molar refractivity (Wildman–Crippen MR) is 51.5 cm³/mol. The molecule has 0 aromatic heterocycles. The highest BCUT2D eigenvalue weighted by Gasteiger charge is 2.35. The maximum absolute atomic E-state index is 8.69. The summed E-state index contributed by atoms with van der Waals surface area (Å²) >= 11 is 22.9. The van der Waals surface area contributed by atoms with Crippen molar-refractivity contribution in [2.45, 2.75) is 11.3 Å². The Morgan fingerprint density at radius 3 is 2.50 bits per heavy atom. The minimum Gasteiger partial charge on any atom is -0.196 e. The Balaban J connectivity index is 3.17. The van der Waals surface area contributed by atoms with Gasteiger partial charge >= 0.3 is 0 Å². The molecule has 1 unspecified atom stereocenters. The zero-order chi connectivity index (χ0) is 9.35. The lowest BCUT2D eigenvalue weighted by atomic mass is 10.0. The molecule has 0 bridgehead atoms. The zero-order valence-corrected chi connectivity index (χ0v) is 8.77. The maximum Gasteiger partial charge on any atom is 0.171 e. The third-order valence-corrected chi connectivity index (χ3v) is 3.46. The van der Waals surface area contributed by atoms with Crippen LogP contribution in [0.5, 0.6) is 0 Å². The molecule has 1 aliphatic rings. The van der Waals surface area contributed by atoms with Crippen LogP contribution in [0.2, 0.25) is 0 Å². The molecule has 0 saturated heterocycles. The third kappa shape index (κ3) is 1.58. The average Bonchev–Trinajstić information content (AvgIpc) is 2.09. The SMILES string of the molecule is N#CC1(Cl)CC=C(Cl)C(Cl)=C1Cl. The van der Waals surface area contributed by atoms with E-state index in [0.717, 1.165) is 0 Å². The normalized spacial score (nSPS) is 29.8. The fourth-order valence-corrected chi connectivity index (χ4v) is 1.68. The van der Waals surface area contributed by atoms with Gasteiger partial charge in [0.15, 0.2) is 4.87 Å². The molecule has 0 N–H and O–H groups in total. The molecule has 0 amide bonds. The van der Waals surface area contributed by atoms with Crippen molar-refractivity contribution in [1.82, 2.24) is 0 Å². The smallest absolute Gasteiger partial charge is 0.171 e. The van der Waals surface area contributed by atoms with E-state index in [0.29, 0.717) is 5.03 Å². The molecule has 12 heavy (non-hydrogen) atoms. The van der Waals surface area contributed by atoms with Gasteiger partial charge in [0.05, 0.1) is 21.2 Å². The van der Waals surface area contributed by atoms with Crippen LogP contribution in [0.4, 0.5) is 0 Å². The number of allylic oxidation sites excluding steroid dienone is 4. The molecule has 0 aromatic carbocycles. The Kier molecular flexibility index (Phi) is 2.96. The predicted octanol–water partition coefficient (Wildman–Crippen LogP) is 3.70. The van der Waals surface area contributed by atoms with Crippen LogP contribution in [0.25, 0.3) is 0 Å². The molecular formula is C7H3Cl4N. The Morgan fingerprint density at radius 1 is 1.42 bits per heavy atom. The van der Waals surface area contributed by atoms with Crippen LogP contribution >= 0.6 is 46.4 Å². The van der Waals surface area contributed by atoms with Gasteiger partial charge in [-0.05, 0) is 0 Å². The summed E-state index contributed by atoms with van der Waals surface area (Å²) < 4.78 is 0. The highest BCUT2D eigenvalue weighted by Crippen LogP contribution is 2.42. The van der Waals surface area contributed by atoms with E-state index in [9.17, 15) is 0 Å². The van der Waals surface area contributed by atoms with E-state index >= 15 is 0 Å². The van der Waals surface area contributed by atoms with Crippen molar-refractivity contribution in [3.05, 3.63) is 21.2 Å². The average molecular weight is 243 g/mol.